The Morgan fingerprint density at radius 2 is 1.83 bits per heavy atom. The van der Waals surface area contributed by atoms with Gasteiger partial charge in [0.25, 0.3) is 0 Å². The minimum absolute atomic E-state index is 0.0692. The molecular formula is C14H21BrN2O4S2. The standard InChI is InChI=1S/C14H21BrN2O4S2/c1-3-22(18,19)17-8-6-12(7-9-17)16-23(20,21)14-5-4-11(2)10-13(14)15/h4-5,10,12,16H,3,6-9H2,1-2H3. The smallest absolute Gasteiger partial charge is 0.212 e. The predicted octanol–water partition coefficient (Wildman–Crippen LogP) is 1.85. The summed E-state index contributed by atoms with van der Waals surface area (Å²) in [5, 5.41) is 0. The lowest BCUT2D eigenvalue weighted by Gasteiger charge is -2.31. The molecule has 1 fully saturated rings. The fourth-order valence-corrected chi connectivity index (χ4v) is 6.17. The molecule has 1 aliphatic rings. The molecule has 2 rings (SSSR count). The van der Waals surface area contributed by atoms with Crippen molar-refractivity contribution in [1.29, 1.82) is 0 Å². The van der Waals surface area contributed by atoms with Crippen LogP contribution in [0, 0.1) is 6.92 Å². The number of halogens is 1. The third-order valence-electron chi connectivity index (χ3n) is 3.91. The summed E-state index contributed by atoms with van der Waals surface area (Å²) in [5.74, 6) is 0.0692. The molecule has 0 aliphatic carbocycles. The molecule has 6 nitrogen and oxygen atoms in total. The number of piperidine rings is 1. The van der Waals surface area contributed by atoms with Gasteiger partial charge in [0.15, 0.2) is 0 Å². The van der Waals surface area contributed by atoms with E-state index in [-0.39, 0.29) is 16.7 Å². The fourth-order valence-electron chi connectivity index (χ4n) is 2.54. The molecule has 9 heteroatoms. The van der Waals surface area contributed by atoms with E-state index in [2.05, 4.69) is 20.7 Å². The number of sulfonamides is 2. The van der Waals surface area contributed by atoms with Crippen LogP contribution >= 0.6 is 15.9 Å². The van der Waals surface area contributed by atoms with E-state index in [0.29, 0.717) is 30.4 Å². The van der Waals surface area contributed by atoms with Crippen LogP contribution in [-0.4, -0.2) is 46.0 Å². The fraction of sp³-hybridized carbons (Fsp3) is 0.571. The minimum Gasteiger partial charge on any atom is -0.212 e. The van der Waals surface area contributed by atoms with Crippen LogP contribution in [0.1, 0.15) is 25.3 Å². The van der Waals surface area contributed by atoms with Gasteiger partial charge in [-0.25, -0.2) is 25.9 Å². The number of aryl methyl sites for hydroxylation is 1. The Morgan fingerprint density at radius 1 is 1.22 bits per heavy atom. The maximum absolute atomic E-state index is 12.5. The van der Waals surface area contributed by atoms with Gasteiger partial charge < -0.3 is 0 Å². The summed E-state index contributed by atoms with van der Waals surface area (Å²) in [6.45, 7) is 4.19. The second-order valence-electron chi connectivity index (χ2n) is 5.63. The van der Waals surface area contributed by atoms with Crippen molar-refractivity contribution in [1.82, 2.24) is 9.03 Å². The van der Waals surface area contributed by atoms with Gasteiger partial charge in [-0.1, -0.05) is 6.07 Å². The molecule has 1 saturated heterocycles. The maximum atomic E-state index is 12.5. The zero-order valence-corrected chi connectivity index (χ0v) is 16.3. The lowest BCUT2D eigenvalue weighted by Crippen LogP contribution is -2.46. The molecule has 0 saturated carbocycles. The van der Waals surface area contributed by atoms with E-state index in [1.54, 1.807) is 25.1 Å². The zero-order chi connectivity index (χ0) is 17.3. The average Bonchev–Trinajstić information content (AvgIpc) is 2.47. The largest absolute Gasteiger partial charge is 0.241 e. The monoisotopic (exact) mass is 424 g/mol. The second-order valence-corrected chi connectivity index (χ2v) is 10.4. The van der Waals surface area contributed by atoms with E-state index in [9.17, 15) is 16.8 Å². The third-order valence-corrected chi connectivity index (χ3v) is 8.29. The Morgan fingerprint density at radius 3 is 2.35 bits per heavy atom. The number of hydrogen-bond acceptors (Lipinski definition) is 4. The van der Waals surface area contributed by atoms with Crippen molar-refractivity contribution in [2.24, 2.45) is 0 Å². The van der Waals surface area contributed by atoms with Crippen LogP contribution in [0.5, 0.6) is 0 Å². The van der Waals surface area contributed by atoms with Gasteiger partial charge in [0.1, 0.15) is 0 Å². The van der Waals surface area contributed by atoms with E-state index >= 15 is 0 Å². The normalized spacial score (nSPS) is 18.2. The highest BCUT2D eigenvalue weighted by Gasteiger charge is 2.29. The third kappa shape index (κ3) is 4.54. The highest BCUT2D eigenvalue weighted by Crippen LogP contribution is 2.24. The Labute approximate surface area is 146 Å². The summed E-state index contributed by atoms with van der Waals surface area (Å²) >= 11 is 3.29. The van der Waals surface area contributed by atoms with E-state index in [1.165, 1.54) is 4.31 Å². The number of hydrogen-bond donors (Lipinski definition) is 1. The maximum Gasteiger partial charge on any atom is 0.241 e. The van der Waals surface area contributed by atoms with Gasteiger partial charge in [0, 0.05) is 23.6 Å². The molecule has 1 aromatic rings. The van der Waals surface area contributed by atoms with Crippen molar-refractivity contribution in [3.05, 3.63) is 28.2 Å². The van der Waals surface area contributed by atoms with Crippen molar-refractivity contribution < 1.29 is 16.8 Å². The van der Waals surface area contributed by atoms with E-state index < -0.39 is 20.0 Å². The molecular weight excluding hydrogens is 404 g/mol. The summed E-state index contributed by atoms with van der Waals surface area (Å²) in [6, 6.07) is 4.82. The first-order chi connectivity index (χ1) is 10.7. The Bertz CT molecular complexity index is 770. The van der Waals surface area contributed by atoms with Gasteiger partial charge in [-0.3, -0.25) is 0 Å². The number of nitrogens with one attached hydrogen (secondary N) is 1. The van der Waals surface area contributed by atoms with Gasteiger partial charge in [0.2, 0.25) is 20.0 Å². The summed E-state index contributed by atoms with van der Waals surface area (Å²) < 4.78 is 53.3. The number of benzene rings is 1. The van der Waals surface area contributed by atoms with Gasteiger partial charge in [-0.15, -0.1) is 0 Å². The SMILES string of the molecule is CCS(=O)(=O)N1CCC(NS(=O)(=O)c2ccc(C)cc2Br)CC1. The first-order valence-electron chi connectivity index (χ1n) is 7.42. The van der Waals surface area contributed by atoms with Crippen LogP contribution in [-0.2, 0) is 20.0 Å². The molecule has 0 atom stereocenters. The molecule has 0 amide bonds. The Hall–Kier alpha value is -0.480. The van der Waals surface area contributed by atoms with Crippen molar-refractivity contribution in [2.75, 3.05) is 18.8 Å². The van der Waals surface area contributed by atoms with Gasteiger partial charge >= 0.3 is 0 Å². The molecule has 0 unspecified atom stereocenters. The molecule has 1 aliphatic heterocycles. The van der Waals surface area contributed by atoms with Crippen LogP contribution in [0.25, 0.3) is 0 Å². The highest BCUT2D eigenvalue weighted by molar-refractivity contribution is 9.10. The summed E-state index contributed by atoms with van der Waals surface area (Å²) in [5.41, 5.74) is 0.967. The Balaban J connectivity index is 2.06. The van der Waals surface area contributed by atoms with Crippen LogP contribution in [0.4, 0.5) is 0 Å². The topological polar surface area (TPSA) is 83.6 Å². The highest BCUT2D eigenvalue weighted by atomic mass is 79.9. The molecule has 1 N–H and O–H groups in total. The van der Waals surface area contributed by atoms with Crippen LogP contribution < -0.4 is 4.72 Å². The van der Waals surface area contributed by atoms with Crippen LogP contribution in [0.2, 0.25) is 0 Å². The molecule has 0 aromatic heterocycles. The number of rotatable bonds is 5. The lowest BCUT2D eigenvalue weighted by atomic mass is 10.1. The van der Waals surface area contributed by atoms with Crippen LogP contribution in [0.3, 0.4) is 0 Å². The molecule has 23 heavy (non-hydrogen) atoms. The molecule has 0 radical (unpaired) electrons. The van der Waals surface area contributed by atoms with Gasteiger partial charge in [-0.05, 0) is 60.3 Å². The van der Waals surface area contributed by atoms with Crippen molar-refractivity contribution >= 4 is 36.0 Å². The summed E-state index contributed by atoms with van der Waals surface area (Å²) in [4.78, 5) is 0.201. The molecule has 130 valence electrons. The minimum atomic E-state index is -3.63. The van der Waals surface area contributed by atoms with Crippen molar-refractivity contribution in [3.63, 3.8) is 0 Å². The average molecular weight is 425 g/mol. The molecule has 0 spiro atoms. The van der Waals surface area contributed by atoms with E-state index in [1.807, 2.05) is 6.92 Å². The van der Waals surface area contributed by atoms with Crippen LogP contribution in [0.15, 0.2) is 27.6 Å². The van der Waals surface area contributed by atoms with E-state index in [4.69, 9.17) is 0 Å². The molecule has 1 heterocycles. The quantitative estimate of drug-likeness (QED) is 0.781. The number of nitrogens with zero attached hydrogens (tertiary/aromatic N) is 1. The molecule has 1 aromatic carbocycles. The first-order valence-corrected chi connectivity index (χ1v) is 11.3. The Kier molecular flexibility index (Phi) is 5.89. The predicted molar refractivity (Wildman–Crippen MR) is 93.3 cm³/mol. The first kappa shape index (κ1) is 18.9. The molecule has 0 bridgehead atoms. The second kappa shape index (κ2) is 7.18. The van der Waals surface area contributed by atoms with E-state index in [0.717, 1.165) is 5.56 Å². The lowest BCUT2D eigenvalue weighted by molar-refractivity contribution is 0.309. The zero-order valence-electron chi connectivity index (χ0n) is 13.1. The summed E-state index contributed by atoms with van der Waals surface area (Å²) in [6.07, 6.45) is 0.948. The van der Waals surface area contributed by atoms with Gasteiger partial charge in [-0.2, -0.15) is 0 Å². The van der Waals surface area contributed by atoms with Crippen molar-refractivity contribution in [3.8, 4) is 0 Å². The summed E-state index contributed by atoms with van der Waals surface area (Å²) in [7, 11) is -6.83. The van der Waals surface area contributed by atoms with Gasteiger partial charge in [0.05, 0.1) is 10.6 Å². The van der Waals surface area contributed by atoms with Crippen molar-refractivity contribution in [2.45, 2.75) is 37.6 Å².